The molecule has 7 nitrogen and oxygen atoms in total. The highest BCUT2D eigenvalue weighted by Crippen LogP contribution is 2.27. The second-order valence-electron chi connectivity index (χ2n) is 7.77. The van der Waals surface area contributed by atoms with Crippen LogP contribution in [-0.2, 0) is 21.4 Å². The summed E-state index contributed by atoms with van der Waals surface area (Å²) in [5.74, 6) is 0.162. The van der Waals surface area contributed by atoms with Gasteiger partial charge in [0.1, 0.15) is 5.75 Å². The van der Waals surface area contributed by atoms with Crippen molar-refractivity contribution < 1.29 is 17.9 Å². The van der Waals surface area contributed by atoms with Gasteiger partial charge in [0, 0.05) is 30.4 Å². The van der Waals surface area contributed by atoms with E-state index in [2.05, 4.69) is 27.8 Å². The van der Waals surface area contributed by atoms with Crippen molar-refractivity contribution in [3.8, 4) is 5.75 Å². The molecule has 2 heterocycles. The molecule has 1 amide bonds. The second kappa shape index (κ2) is 10.0. The number of rotatable bonds is 6. The lowest BCUT2D eigenvalue weighted by molar-refractivity contribution is -0.122. The van der Waals surface area contributed by atoms with E-state index in [1.165, 1.54) is 20.5 Å². The largest absolute Gasteiger partial charge is 0.497 e. The molecule has 1 aromatic heterocycles. The number of thioether (sulfide) groups is 1. The van der Waals surface area contributed by atoms with Gasteiger partial charge >= 0.3 is 0 Å². The molecule has 1 fully saturated rings. The lowest BCUT2D eigenvalue weighted by atomic mass is 9.98. The molecule has 0 bridgehead atoms. The summed E-state index contributed by atoms with van der Waals surface area (Å²) in [5, 5.41) is 0. The van der Waals surface area contributed by atoms with Crippen LogP contribution in [0, 0.1) is 5.92 Å². The van der Waals surface area contributed by atoms with Gasteiger partial charge in [-0.05, 0) is 68.5 Å². The monoisotopic (exact) mass is 505 g/mol. The van der Waals surface area contributed by atoms with Crippen molar-refractivity contribution in [1.82, 2.24) is 8.87 Å². The number of fused-ring (bicyclic) bond motifs is 1. The fourth-order valence-corrected chi connectivity index (χ4v) is 7.12. The molecule has 1 aliphatic heterocycles. The first-order chi connectivity index (χ1) is 15.9. The molecule has 4 rings (SSSR count). The number of methoxy groups -OCH3 is 1. The van der Waals surface area contributed by atoms with Gasteiger partial charge in [0.2, 0.25) is 10.0 Å². The van der Waals surface area contributed by atoms with Gasteiger partial charge in [-0.15, -0.1) is 11.8 Å². The maximum Gasteiger partial charge on any atom is 0.251 e. The molecule has 0 aliphatic carbocycles. The van der Waals surface area contributed by atoms with Crippen molar-refractivity contribution in [3.63, 3.8) is 0 Å². The molecule has 0 saturated carbocycles. The zero-order valence-corrected chi connectivity index (χ0v) is 21.3. The van der Waals surface area contributed by atoms with Crippen LogP contribution in [-0.4, -0.2) is 49.7 Å². The maximum absolute atomic E-state index is 13.0. The van der Waals surface area contributed by atoms with E-state index in [0.29, 0.717) is 36.5 Å². The third-order valence-electron chi connectivity index (χ3n) is 5.91. The molecule has 0 N–H and O–H groups in total. The van der Waals surface area contributed by atoms with Gasteiger partial charge in [-0.25, -0.2) is 8.42 Å². The van der Waals surface area contributed by atoms with Crippen LogP contribution in [0.2, 0.25) is 0 Å². The zero-order valence-electron chi connectivity index (χ0n) is 18.9. The Balaban J connectivity index is 1.50. The number of sulfonamides is 1. The summed E-state index contributed by atoms with van der Waals surface area (Å²) >= 11 is 3.21. The number of ether oxygens (including phenoxy) is 1. The highest BCUT2D eigenvalue weighted by atomic mass is 32.2. The normalized spacial score (nSPS) is 16.4. The molecule has 1 saturated heterocycles. The Morgan fingerprint density at radius 1 is 1.18 bits per heavy atom. The molecule has 1 aliphatic rings. The Labute approximate surface area is 202 Å². The highest BCUT2D eigenvalue weighted by Gasteiger charge is 2.32. The zero-order chi connectivity index (χ0) is 23.6. The third-order valence-corrected chi connectivity index (χ3v) is 9.59. The summed E-state index contributed by atoms with van der Waals surface area (Å²) < 4.78 is 35.7. The van der Waals surface area contributed by atoms with Crippen molar-refractivity contribution in [2.24, 2.45) is 10.9 Å². The van der Waals surface area contributed by atoms with Crippen LogP contribution in [0.15, 0.2) is 57.2 Å². The fourth-order valence-electron chi connectivity index (χ4n) is 4.00. The van der Waals surface area contributed by atoms with Crippen LogP contribution < -0.4 is 9.54 Å². The minimum absolute atomic E-state index is 0.171. The molecular formula is C23H27N3O4S3. The average Bonchev–Trinajstić information content (AvgIpc) is 3.19. The predicted molar refractivity (Wildman–Crippen MR) is 132 cm³/mol. The molecule has 176 valence electrons. The Morgan fingerprint density at radius 3 is 2.48 bits per heavy atom. The first kappa shape index (κ1) is 24.0. The summed E-state index contributed by atoms with van der Waals surface area (Å²) in [7, 11) is -2.06. The SMILES string of the molecule is CCn1c(=NC(=O)C2CCN(S(=O)(=O)c3ccc(OC)cc3)CC2)sc2cc(SC)ccc21. The number of amides is 1. The molecule has 0 radical (unpaired) electrons. The summed E-state index contributed by atoms with van der Waals surface area (Å²) in [6.45, 7) is 3.37. The fraction of sp³-hybridized carbons (Fsp3) is 0.391. The van der Waals surface area contributed by atoms with Gasteiger partial charge in [-0.2, -0.15) is 9.30 Å². The molecule has 0 spiro atoms. The molecule has 0 unspecified atom stereocenters. The van der Waals surface area contributed by atoms with Crippen LogP contribution in [0.4, 0.5) is 0 Å². The lowest BCUT2D eigenvalue weighted by Gasteiger charge is -2.29. The molecule has 0 atom stereocenters. The number of hydrogen-bond acceptors (Lipinski definition) is 6. The van der Waals surface area contributed by atoms with Crippen molar-refractivity contribution in [2.75, 3.05) is 26.5 Å². The number of carbonyl (C=O) groups excluding carboxylic acids is 1. The molecule has 3 aromatic rings. The number of piperidine rings is 1. The molecule has 2 aromatic carbocycles. The van der Waals surface area contributed by atoms with E-state index in [1.54, 1.807) is 43.1 Å². The Morgan fingerprint density at radius 2 is 1.88 bits per heavy atom. The molecule has 10 heteroatoms. The quantitative estimate of drug-likeness (QED) is 0.474. The maximum atomic E-state index is 13.0. The minimum atomic E-state index is -3.60. The van der Waals surface area contributed by atoms with Gasteiger partial charge in [-0.1, -0.05) is 11.3 Å². The molecule has 33 heavy (non-hydrogen) atoms. The van der Waals surface area contributed by atoms with E-state index in [9.17, 15) is 13.2 Å². The summed E-state index contributed by atoms with van der Waals surface area (Å²) in [4.78, 5) is 19.5. The summed E-state index contributed by atoms with van der Waals surface area (Å²) in [6, 6.07) is 12.7. The number of thiazole rings is 1. The Kier molecular flexibility index (Phi) is 7.28. The van der Waals surface area contributed by atoms with Crippen LogP contribution in [0.1, 0.15) is 19.8 Å². The van der Waals surface area contributed by atoms with Gasteiger partial charge in [0.15, 0.2) is 4.80 Å². The lowest BCUT2D eigenvalue weighted by Crippen LogP contribution is -2.40. The smallest absolute Gasteiger partial charge is 0.251 e. The minimum Gasteiger partial charge on any atom is -0.497 e. The van der Waals surface area contributed by atoms with Gasteiger partial charge in [-0.3, -0.25) is 4.79 Å². The van der Waals surface area contributed by atoms with Gasteiger partial charge in [0.25, 0.3) is 5.91 Å². The molecular weight excluding hydrogens is 478 g/mol. The van der Waals surface area contributed by atoms with Crippen LogP contribution in [0.5, 0.6) is 5.75 Å². The summed E-state index contributed by atoms with van der Waals surface area (Å²) in [5.41, 5.74) is 1.08. The van der Waals surface area contributed by atoms with Crippen molar-refractivity contribution in [2.45, 2.75) is 36.1 Å². The van der Waals surface area contributed by atoms with Crippen molar-refractivity contribution in [1.29, 1.82) is 0 Å². The van der Waals surface area contributed by atoms with E-state index in [4.69, 9.17) is 4.74 Å². The first-order valence-corrected chi connectivity index (χ1v) is 14.3. The van der Waals surface area contributed by atoms with E-state index < -0.39 is 10.0 Å². The Hall–Kier alpha value is -2.14. The number of aromatic nitrogens is 1. The van der Waals surface area contributed by atoms with Crippen molar-refractivity contribution >= 4 is 49.2 Å². The van der Waals surface area contributed by atoms with Gasteiger partial charge in [0.05, 0.1) is 22.2 Å². The first-order valence-electron chi connectivity index (χ1n) is 10.8. The predicted octanol–water partition coefficient (Wildman–Crippen LogP) is 3.98. The van der Waals surface area contributed by atoms with Crippen LogP contribution >= 0.6 is 23.1 Å². The Bertz CT molecular complexity index is 1320. The van der Waals surface area contributed by atoms with E-state index >= 15 is 0 Å². The van der Waals surface area contributed by atoms with Crippen LogP contribution in [0.25, 0.3) is 10.2 Å². The number of aryl methyl sites for hydroxylation is 1. The second-order valence-corrected chi connectivity index (χ2v) is 11.6. The van der Waals surface area contributed by atoms with E-state index in [1.807, 2.05) is 13.2 Å². The number of carbonyl (C=O) groups is 1. The number of hydrogen-bond donors (Lipinski definition) is 0. The van der Waals surface area contributed by atoms with E-state index in [0.717, 1.165) is 16.8 Å². The van der Waals surface area contributed by atoms with E-state index in [-0.39, 0.29) is 16.7 Å². The number of benzene rings is 2. The van der Waals surface area contributed by atoms with Crippen LogP contribution in [0.3, 0.4) is 0 Å². The highest BCUT2D eigenvalue weighted by molar-refractivity contribution is 7.98. The van der Waals surface area contributed by atoms with Crippen molar-refractivity contribution in [3.05, 3.63) is 47.3 Å². The van der Waals surface area contributed by atoms with Gasteiger partial charge < -0.3 is 9.30 Å². The standard InChI is InChI=1S/C23H27N3O4S3/c1-4-26-20-10-7-18(31-3)15-21(20)32-23(26)24-22(27)16-11-13-25(14-12-16)33(28,29)19-8-5-17(30-2)6-9-19/h5-10,15-16H,4,11-14H2,1-3H3. The average molecular weight is 506 g/mol. The summed E-state index contributed by atoms with van der Waals surface area (Å²) in [6.07, 6.45) is 2.97. The topological polar surface area (TPSA) is 81.0 Å². The number of nitrogens with zero attached hydrogens (tertiary/aromatic N) is 3. The third kappa shape index (κ3) is 4.89.